The van der Waals surface area contributed by atoms with Gasteiger partial charge in [-0.25, -0.2) is 19.1 Å². The van der Waals surface area contributed by atoms with Gasteiger partial charge in [-0.05, 0) is 50.2 Å². The molecule has 11 heteroatoms. The van der Waals surface area contributed by atoms with Crippen LogP contribution in [-0.4, -0.2) is 37.0 Å². The summed E-state index contributed by atoms with van der Waals surface area (Å²) >= 11 is 0.854. The summed E-state index contributed by atoms with van der Waals surface area (Å²) in [6.07, 6.45) is 5.66. The van der Waals surface area contributed by atoms with E-state index in [2.05, 4.69) is 28.5 Å². The number of aliphatic hydroxyl groups excluding tert-OH is 1. The first-order valence-corrected chi connectivity index (χ1v) is 12.5. The zero-order valence-corrected chi connectivity index (χ0v) is 19.4. The van der Waals surface area contributed by atoms with Crippen LogP contribution in [0.3, 0.4) is 0 Å². The first-order chi connectivity index (χ1) is 14.4. The molecular weight excluding hydrogens is 438 g/mol. The molecule has 31 heavy (non-hydrogen) atoms. The van der Waals surface area contributed by atoms with Crippen LogP contribution in [0.4, 0.5) is 10.5 Å². The quantitative estimate of drug-likeness (QED) is 0.544. The fourth-order valence-electron chi connectivity index (χ4n) is 4.14. The molecule has 5 N–H and O–H groups in total. The van der Waals surface area contributed by atoms with Crippen LogP contribution in [0, 0.1) is 0 Å². The first kappa shape index (κ1) is 22.3. The number of nitrogens with two attached hydrogens (primary N) is 1. The predicted molar refractivity (Wildman–Crippen MR) is 118 cm³/mol. The van der Waals surface area contributed by atoms with E-state index in [4.69, 9.17) is 10.1 Å². The lowest BCUT2D eigenvalue weighted by Crippen LogP contribution is -2.25. The van der Waals surface area contributed by atoms with Gasteiger partial charge in [-0.3, -0.25) is 4.98 Å². The van der Waals surface area contributed by atoms with Crippen molar-refractivity contribution < 1.29 is 19.2 Å². The fraction of sp³-hybridized carbons (Fsp3) is 0.550. The Morgan fingerprint density at radius 3 is 2.84 bits per heavy atom. The second-order valence-corrected chi connectivity index (χ2v) is 12.0. The maximum absolute atomic E-state index is 13.0. The molecule has 2 aliphatic carbocycles. The Morgan fingerprint density at radius 2 is 2.13 bits per heavy atom. The lowest BCUT2D eigenvalue weighted by atomic mass is 9.90. The zero-order chi connectivity index (χ0) is 22.6. The van der Waals surface area contributed by atoms with Gasteiger partial charge >= 0.3 is 6.03 Å². The van der Waals surface area contributed by atoms with Gasteiger partial charge in [-0.2, -0.15) is 0 Å². The van der Waals surface area contributed by atoms with Gasteiger partial charge in [0.25, 0.3) is 0 Å². The molecule has 0 aromatic carbocycles. The van der Waals surface area contributed by atoms with Crippen molar-refractivity contribution in [1.29, 1.82) is 0 Å². The number of nitrogens with one attached hydrogen (secondary N) is 1. The number of nitrogens with zero attached hydrogens (tertiary/aromatic N) is 3. The highest BCUT2D eigenvalue weighted by atomic mass is 32.2. The van der Waals surface area contributed by atoms with Crippen molar-refractivity contribution in [2.24, 2.45) is 9.50 Å². The van der Waals surface area contributed by atoms with Gasteiger partial charge in [0.1, 0.15) is 14.8 Å². The Labute approximate surface area is 185 Å². The van der Waals surface area contributed by atoms with Gasteiger partial charge in [0.05, 0.1) is 24.2 Å². The smallest absolute Gasteiger partial charge is 0.354 e. The number of aryl methyl sites for hydroxylation is 1. The zero-order valence-electron chi connectivity index (χ0n) is 17.8. The minimum Gasteiger partial charge on any atom is -0.393 e. The van der Waals surface area contributed by atoms with Crippen molar-refractivity contribution in [3.63, 3.8) is 0 Å². The molecule has 0 fully saturated rings. The lowest BCUT2D eigenvalue weighted by Gasteiger charge is -2.20. The molecule has 0 spiro atoms. The van der Waals surface area contributed by atoms with E-state index in [1.165, 1.54) is 13.1 Å². The molecule has 2 aromatic rings. The van der Waals surface area contributed by atoms with Crippen LogP contribution in [0.1, 0.15) is 61.1 Å². The van der Waals surface area contributed by atoms with E-state index in [0.717, 1.165) is 71.6 Å². The average molecular weight is 466 g/mol. The highest BCUT2D eigenvalue weighted by Gasteiger charge is 2.36. The second-order valence-electron chi connectivity index (χ2n) is 8.98. The van der Waals surface area contributed by atoms with Gasteiger partial charge < -0.3 is 15.5 Å². The van der Waals surface area contributed by atoms with Crippen LogP contribution in [0.2, 0.25) is 0 Å². The number of carbonyl (C=O) groups is 1. The summed E-state index contributed by atoms with van der Waals surface area (Å²) < 4.78 is 16.7. The summed E-state index contributed by atoms with van der Waals surface area (Å²) in [5.74, 6) is 0. The third-order valence-electron chi connectivity index (χ3n) is 5.96. The number of rotatable bonds is 4. The van der Waals surface area contributed by atoms with E-state index in [9.17, 15) is 19.2 Å². The van der Waals surface area contributed by atoms with Gasteiger partial charge in [-0.15, -0.1) is 15.7 Å². The van der Waals surface area contributed by atoms with E-state index in [1.807, 2.05) is 0 Å². The maximum Gasteiger partial charge on any atom is 0.354 e. The molecular formula is C20H27N5O4S2. The Balaban J connectivity index is 1.67. The van der Waals surface area contributed by atoms with Gasteiger partial charge in [0.15, 0.2) is 9.92 Å². The van der Waals surface area contributed by atoms with E-state index in [-0.39, 0.29) is 14.6 Å². The standard InChI is InChI=1S/C20H27N5O4S2/c1-19(2)8-7-12-15(11-5-4-6-13(11)23-16(12)19)24-18(27)25-31(21,29)14-9-22-17(30-14)20(3,28)10-26/h9,26,28H,4-8,10H2,1-3H3,(H3,21,23,24,25,27,29)/t20-,31?/m1/s1. The Bertz CT molecular complexity index is 1180. The molecule has 0 saturated carbocycles. The van der Waals surface area contributed by atoms with Crippen LogP contribution >= 0.6 is 11.3 Å². The Hall–Kier alpha value is -1.92. The monoisotopic (exact) mass is 465 g/mol. The van der Waals surface area contributed by atoms with Crippen molar-refractivity contribution in [2.45, 2.75) is 68.1 Å². The van der Waals surface area contributed by atoms with Crippen molar-refractivity contribution in [3.8, 4) is 0 Å². The Morgan fingerprint density at radius 1 is 1.39 bits per heavy atom. The molecule has 1 unspecified atom stereocenters. The molecule has 0 radical (unpaired) electrons. The molecule has 4 rings (SSSR count). The van der Waals surface area contributed by atoms with Crippen LogP contribution in [0.25, 0.3) is 0 Å². The minimum atomic E-state index is -3.57. The third-order valence-corrected chi connectivity index (χ3v) is 9.09. The number of fused-ring (bicyclic) bond motifs is 2. The first-order valence-electron chi connectivity index (χ1n) is 10.2. The van der Waals surface area contributed by atoms with E-state index in [1.54, 1.807) is 0 Å². The fourth-order valence-corrected chi connectivity index (χ4v) is 6.24. The largest absolute Gasteiger partial charge is 0.393 e. The maximum atomic E-state index is 13.0. The normalized spacial score (nSPS) is 20.5. The number of aromatic nitrogens is 2. The molecule has 2 aromatic heterocycles. The molecule has 0 saturated heterocycles. The van der Waals surface area contributed by atoms with Gasteiger partial charge in [0.2, 0.25) is 0 Å². The van der Waals surface area contributed by atoms with Crippen molar-refractivity contribution in [2.75, 3.05) is 11.9 Å². The van der Waals surface area contributed by atoms with Crippen LogP contribution < -0.4 is 10.5 Å². The number of pyridine rings is 1. The number of thiazole rings is 1. The number of anilines is 1. The van der Waals surface area contributed by atoms with Crippen LogP contribution in [0.15, 0.2) is 14.8 Å². The topological polar surface area (TPSA) is 151 Å². The number of hydrogen-bond donors (Lipinski definition) is 4. The van der Waals surface area contributed by atoms with Crippen LogP contribution in [0.5, 0.6) is 0 Å². The van der Waals surface area contributed by atoms with E-state index in [0.29, 0.717) is 0 Å². The van der Waals surface area contributed by atoms with Crippen molar-refractivity contribution >= 4 is 33.0 Å². The van der Waals surface area contributed by atoms with E-state index < -0.39 is 28.2 Å². The predicted octanol–water partition coefficient (Wildman–Crippen LogP) is 2.38. The molecule has 168 valence electrons. The second kappa shape index (κ2) is 7.59. The molecule has 2 aliphatic rings. The molecule has 9 nitrogen and oxygen atoms in total. The minimum absolute atomic E-state index is 0.0534. The molecule has 2 amide bonds. The average Bonchev–Trinajstić information content (AvgIpc) is 3.41. The van der Waals surface area contributed by atoms with Gasteiger partial charge in [0, 0.05) is 11.1 Å². The summed E-state index contributed by atoms with van der Waals surface area (Å²) in [5.41, 5.74) is 3.16. The number of amides is 2. The number of urea groups is 1. The number of aliphatic hydroxyl groups is 2. The third kappa shape index (κ3) is 4.00. The highest BCUT2D eigenvalue weighted by Crippen LogP contribution is 2.44. The summed E-state index contributed by atoms with van der Waals surface area (Å²) in [6, 6.07) is -0.788. The molecule has 0 bridgehead atoms. The van der Waals surface area contributed by atoms with Crippen molar-refractivity contribution in [3.05, 3.63) is 33.7 Å². The highest BCUT2D eigenvalue weighted by molar-refractivity contribution is 7.93. The van der Waals surface area contributed by atoms with Crippen LogP contribution in [-0.2, 0) is 40.2 Å². The molecule has 2 atom stereocenters. The van der Waals surface area contributed by atoms with Crippen molar-refractivity contribution in [1.82, 2.24) is 9.97 Å². The summed E-state index contributed by atoms with van der Waals surface area (Å²) in [4.78, 5) is 21.6. The number of carbonyl (C=O) groups excluding carboxylic acids is 1. The summed E-state index contributed by atoms with van der Waals surface area (Å²) in [5, 5.41) is 28.3. The van der Waals surface area contributed by atoms with Gasteiger partial charge in [-0.1, -0.05) is 13.8 Å². The summed E-state index contributed by atoms with van der Waals surface area (Å²) in [6.45, 7) is 5.12. The molecule has 2 heterocycles. The lowest BCUT2D eigenvalue weighted by molar-refractivity contribution is -0.00244. The summed E-state index contributed by atoms with van der Waals surface area (Å²) in [7, 11) is -3.57. The Kier molecular flexibility index (Phi) is 5.46. The van der Waals surface area contributed by atoms with E-state index >= 15 is 0 Å². The number of hydrogen-bond acceptors (Lipinski definition) is 7. The SMILES string of the molecule is CC1(C)CCc2c1nc1c(c2NC(=O)N=S(N)(=O)c2cnc([C@](C)(O)CO)s2)CCC1. The molecule has 0 aliphatic heterocycles.